The quantitative estimate of drug-likeness (QED) is 0.0902. The van der Waals surface area contributed by atoms with Crippen molar-refractivity contribution < 1.29 is 28.3 Å². The summed E-state index contributed by atoms with van der Waals surface area (Å²) in [6.07, 6.45) is 7.88. The van der Waals surface area contributed by atoms with Crippen molar-refractivity contribution in [3.05, 3.63) is 83.0 Å². The van der Waals surface area contributed by atoms with Crippen molar-refractivity contribution in [1.82, 2.24) is 0 Å². The molecule has 2 aromatic rings. The number of unbranched alkanes of at least 4 members (excludes halogenated alkanes) is 2. The normalized spacial score (nSPS) is 18.8. The fourth-order valence-electron chi connectivity index (χ4n) is 4.96. The molecule has 1 N–H and O–H groups in total. The van der Waals surface area contributed by atoms with Crippen LogP contribution in [0.4, 0.5) is 0 Å². The lowest BCUT2D eigenvalue weighted by molar-refractivity contribution is -0.147. The number of rotatable bonds is 13. The number of carbonyl (C=O) groups excluding carboxylic acids is 1. The van der Waals surface area contributed by atoms with Crippen molar-refractivity contribution in [2.45, 2.75) is 78.3 Å². The first-order chi connectivity index (χ1) is 18.1. The highest BCUT2D eigenvalue weighted by Crippen LogP contribution is 2.55. The first-order valence-electron chi connectivity index (χ1n) is 13.4. The largest absolute Gasteiger partial charge is 0.507 e. The Morgan fingerprint density at radius 2 is 1.87 bits per heavy atom. The molecule has 3 atom stereocenters. The van der Waals surface area contributed by atoms with E-state index in [0.717, 1.165) is 55.2 Å². The second-order valence-electron chi connectivity index (χ2n) is 10.2. The molecule has 38 heavy (non-hydrogen) atoms. The van der Waals surface area contributed by atoms with Crippen LogP contribution in [-0.2, 0) is 31.2 Å². The van der Waals surface area contributed by atoms with Gasteiger partial charge in [0.25, 0.3) is 0 Å². The van der Waals surface area contributed by atoms with Gasteiger partial charge in [0.2, 0.25) is 6.79 Å². The number of aromatic hydroxyl groups is 1. The highest BCUT2D eigenvalue weighted by Gasteiger charge is 2.34. The molecule has 6 nitrogen and oxygen atoms in total. The Kier molecular flexibility index (Phi) is 10.8. The summed E-state index contributed by atoms with van der Waals surface area (Å²) >= 11 is 0. The average molecular weight is 541 g/mol. The predicted octanol–water partition coefficient (Wildman–Crippen LogP) is 8.45. The number of allylic oxidation sites excluding steroid dienone is 3. The molecule has 206 valence electrons. The average Bonchev–Trinajstić information content (AvgIpc) is 2.84. The van der Waals surface area contributed by atoms with E-state index in [2.05, 4.69) is 26.5 Å². The molecule has 0 fully saturated rings. The molecule has 3 unspecified atom stereocenters. The van der Waals surface area contributed by atoms with Gasteiger partial charge in [0.1, 0.15) is 11.5 Å². The van der Waals surface area contributed by atoms with Crippen LogP contribution in [0.25, 0.3) is 0 Å². The molecule has 0 saturated heterocycles. The van der Waals surface area contributed by atoms with Crippen LogP contribution < -0.4 is 4.52 Å². The van der Waals surface area contributed by atoms with Gasteiger partial charge in [-0.15, -0.1) is 0 Å². The standard InChI is InChI=1S/C31H41O6P/c1-6-7-9-14-26-18-29(33)31(28-17-23(4)15-16-27(28)22(2)3)30(19-26)37-38(34,36-21-35-24(5)32)20-25-12-10-8-11-13-25/h8,10-13,17-19,27-28,33H,2,6-7,9,14-16,20-21H2,1,3-5H3. The minimum absolute atomic E-state index is 0.0151. The lowest BCUT2D eigenvalue weighted by Crippen LogP contribution is -2.18. The summed E-state index contributed by atoms with van der Waals surface area (Å²) in [5, 5.41) is 11.4. The number of hydrogen-bond donors (Lipinski definition) is 1. The first-order valence-corrected chi connectivity index (χ1v) is 15.1. The molecule has 0 saturated carbocycles. The van der Waals surface area contributed by atoms with E-state index in [1.165, 1.54) is 12.5 Å². The third kappa shape index (κ3) is 8.34. The number of esters is 1. The Morgan fingerprint density at radius 1 is 1.13 bits per heavy atom. The van der Waals surface area contributed by atoms with E-state index in [4.69, 9.17) is 13.8 Å². The van der Waals surface area contributed by atoms with Gasteiger partial charge in [0.05, 0.1) is 6.16 Å². The monoisotopic (exact) mass is 540 g/mol. The molecule has 3 rings (SSSR count). The van der Waals surface area contributed by atoms with Crippen LogP contribution in [0.3, 0.4) is 0 Å². The van der Waals surface area contributed by atoms with Gasteiger partial charge < -0.3 is 14.4 Å². The summed E-state index contributed by atoms with van der Waals surface area (Å²) in [4.78, 5) is 11.4. The van der Waals surface area contributed by atoms with Crippen molar-refractivity contribution in [2.75, 3.05) is 6.79 Å². The minimum atomic E-state index is -3.86. The highest BCUT2D eigenvalue weighted by molar-refractivity contribution is 7.53. The topological polar surface area (TPSA) is 82.1 Å². The number of phenolic OH excluding ortho intramolecular Hbond substituents is 1. The van der Waals surface area contributed by atoms with Crippen LogP contribution >= 0.6 is 7.60 Å². The summed E-state index contributed by atoms with van der Waals surface area (Å²) in [5.74, 6) is -0.171. The van der Waals surface area contributed by atoms with Gasteiger partial charge in [-0.05, 0) is 68.7 Å². The zero-order chi connectivity index (χ0) is 27.7. The number of carbonyl (C=O) groups is 1. The van der Waals surface area contributed by atoms with Gasteiger partial charge in [-0.1, -0.05) is 73.9 Å². The van der Waals surface area contributed by atoms with Gasteiger partial charge in [-0.3, -0.25) is 9.32 Å². The van der Waals surface area contributed by atoms with Crippen LogP contribution in [0.2, 0.25) is 0 Å². The Bertz CT molecular complexity index is 1190. The zero-order valence-corrected chi connectivity index (χ0v) is 24.0. The Balaban J connectivity index is 2.09. The maximum absolute atomic E-state index is 14.2. The number of benzene rings is 2. The van der Waals surface area contributed by atoms with Crippen LogP contribution in [0, 0.1) is 5.92 Å². The van der Waals surface area contributed by atoms with Crippen LogP contribution in [-0.4, -0.2) is 17.9 Å². The number of phenols is 1. The number of hydrogen-bond acceptors (Lipinski definition) is 6. The van der Waals surface area contributed by atoms with E-state index < -0.39 is 20.4 Å². The summed E-state index contributed by atoms with van der Waals surface area (Å²) < 4.78 is 31.1. The number of aryl methyl sites for hydroxylation is 1. The molecule has 2 aromatic carbocycles. The number of ether oxygens (including phenoxy) is 1. The first kappa shape index (κ1) is 29.7. The van der Waals surface area contributed by atoms with E-state index >= 15 is 0 Å². The molecular formula is C31H41O6P. The van der Waals surface area contributed by atoms with Crippen molar-refractivity contribution in [2.24, 2.45) is 5.92 Å². The summed E-state index contributed by atoms with van der Waals surface area (Å²) in [6, 6.07) is 12.9. The maximum Gasteiger partial charge on any atom is 0.386 e. The molecule has 0 radical (unpaired) electrons. The molecular weight excluding hydrogens is 499 g/mol. The van der Waals surface area contributed by atoms with Gasteiger partial charge in [-0.25, -0.2) is 4.57 Å². The molecule has 0 heterocycles. The third-order valence-electron chi connectivity index (χ3n) is 6.93. The molecule has 0 amide bonds. The van der Waals surface area contributed by atoms with Crippen molar-refractivity contribution in [3.8, 4) is 11.5 Å². The smallest absolute Gasteiger partial charge is 0.386 e. The minimum Gasteiger partial charge on any atom is -0.507 e. The summed E-state index contributed by atoms with van der Waals surface area (Å²) in [6.45, 7) is 11.2. The van der Waals surface area contributed by atoms with E-state index in [9.17, 15) is 14.5 Å². The van der Waals surface area contributed by atoms with Crippen molar-refractivity contribution in [1.29, 1.82) is 0 Å². The maximum atomic E-state index is 14.2. The summed E-state index contributed by atoms with van der Waals surface area (Å²) in [7, 11) is -3.86. The third-order valence-corrected chi connectivity index (χ3v) is 8.66. The second kappa shape index (κ2) is 13.8. The predicted molar refractivity (Wildman–Crippen MR) is 151 cm³/mol. The molecule has 0 spiro atoms. The van der Waals surface area contributed by atoms with Crippen molar-refractivity contribution in [3.63, 3.8) is 0 Å². The van der Waals surface area contributed by atoms with E-state index in [-0.39, 0.29) is 23.7 Å². The highest BCUT2D eigenvalue weighted by atomic mass is 31.2. The lowest BCUT2D eigenvalue weighted by atomic mass is 9.73. The van der Waals surface area contributed by atoms with Gasteiger partial charge in [-0.2, -0.15) is 0 Å². The molecule has 7 heteroatoms. The fourth-order valence-corrected chi connectivity index (χ4v) is 6.49. The van der Waals surface area contributed by atoms with Gasteiger partial charge in [0, 0.05) is 18.4 Å². The Labute approximate surface area is 227 Å². The summed E-state index contributed by atoms with van der Waals surface area (Å²) in [5.41, 5.74) is 4.50. The van der Waals surface area contributed by atoms with Crippen LogP contribution in [0.5, 0.6) is 11.5 Å². The molecule has 0 aliphatic heterocycles. The molecule has 1 aliphatic carbocycles. The van der Waals surface area contributed by atoms with Gasteiger partial charge >= 0.3 is 13.6 Å². The van der Waals surface area contributed by atoms with Crippen LogP contribution in [0.1, 0.15) is 82.4 Å². The molecule has 0 aromatic heterocycles. The molecule has 0 bridgehead atoms. The lowest BCUT2D eigenvalue weighted by Gasteiger charge is -2.33. The fraction of sp³-hybridized carbons (Fsp3) is 0.452. The van der Waals surface area contributed by atoms with E-state index in [1.54, 1.807) is 6.07 Å². The van der Waals surface area contributed by atoms with E-state index in [0.29, 0.717) is 11.3 Å². The van der Waals surface area contributed by atoms with Crippen molar-refractivity contribution >= 4 is 13.6 Å². The van der Waals surface area contributed by atoms with E-state index in [1.807, 2.05) is 43.3 Å². The zero-order valence-electron chi connectivity index (χ0n) is 23.1. The molecule has 1 aliphatic rings. The Hall–Kier alpha value is -2.82. The second-order valence-corrected chi connectivity index (χ2v) is 12.2. The van der Waals surface area contributed by atoms with Gasteiger partial charge in [0.15, 0.2) is 0 Å². The van der Waals surface area contributed by atoms with Crippen LogP contribution in [0.15, 0.2) is 66.3 Å². The SMILES string of the molecule is C=C(C)C1CCC(C)=CC1c1c(O)cc(CCCCC)cc1OP(=O)(Cc1ccccc1)OCOC(C)=O. The Morgan fingerprint density at radius 3 is 2.53 bits per heavy atom.